The molecule has 0 rings (SSSR count). The molecule has 3 N–H and O–H groups in total. The average Bonchev–Trinajstić information content (AvgIpc) is 1.92. The normalized spacial score (nSPS) is 5.67. The van der Waals surface area contributed by atoms with Crippen molar-refractivity contribution < 1.29 is 32.4 Å². The minimum atomic E-state index is -0.556. The van der Waals surface area contributed by atoms with Crippen molar-refractivity contribution in [3.63, 3.8) is 0 Å². The van der Waals surface area contributed by atoms with Crippen molar-refractivity contribution in [1.29, 1.82) is 0 Å². The van der Waals surface area contributed by atoms with Gasteiger partial charge in [-0.05, 0) is 20.8 Å². The number of aliphatic hydroxyl groups is 3. The van der Waals surface area contributed by atoms with Crippen molar-refractivity contribution in [2.75, 3.05) is 19.8 Å². The molecule has 0 aliphatic carbocycles. The Labute approximate surface area is 91.4 Å². The van der Waals surface area contributed by atoms with E-state index in [9.17, 15) is 0 Å². The number of hydrogen-bond acceptors (Lipinski definition) is 3. The molecule has 0 saturated heterocycles. The monoisotopic (exact) mass is 256 g/mol. The molecular weight excluding hydrogens is 239 g/mol. The summed E-state index contributed by atoms with van der Waals surface area (Å²) in [6, 6.07) is 0. The standard InChI is InChI=1S/3C2H6O.2ClH.Ti/c3*1-2-3;;;/h3*3H,2H2,1H3;2*1H;/q;;;;;+2/p-2. The van der Waals surface area contributed by atoms with Crippen LogP contribution in [0.3, 0.4) is 0 Å². The van der Waals surface area contributed by atoms with Gasteiger partial charge in [0, 0.05) is 19.8 Å². The fourth-order valence-corrected chi connectivity index (χ4v) is 0. The van der Waals surface area contributed by atoms with Gasteiger partial charge in [0.2, 0.25) is 0 Å². The molecule has 0 saturated carbocycles. The van der Waals surface area contributed by atoms with Gasteiger partial charge in [0.15, 0.2) is 0 Å². The van der Waals surface area contributed by atoms with Crippen LogP contribution in [0, 0.1) is 0 Å². The van der Waals surface area contributed by atoms with Crippen molar-refractivity contribution in [3.8, 4) is 0 Å². The first-order chi connectivity index (χ1) is 5.66. The molecule has 6 heteroatoms. The van der Waals surface area contributed by atoms with Gasteiger partial charge in [0.1, 0.15) is 0 Å². The zero-order valence-corrected chi connectivity index (χ0v) is 10.8. The Morgan fingerprint density at radius 3 is 0.833 bits per heavy atom. The molecule has 0 spiro atoms. The summed E-state index contributed by atoms with van der Waals surface area (Å²) in [7, 11) is 9.78. The third-order valence-electron chi connectivity index (χ3n) is 0. The van der Waals surface area contributed by atoms with Gasteiger partial charge in [-0.15, -0.1) is 0 Å². The third kappa shape index (κ3) is 839. The van der Waals surface area contributed by atoms with E-state index in [-0.39, 0.29) is 19.8 Å². The van der Waals surface area contributed by atoms with E-state index < -0.39 is 17.0 Å². The first-order valence-electron chi connectivity index (χ1n) is 3.45. The van der Waals surface area contributed by atoms with Crippen LogP contribution in [0.5, 0.6) is 0 Å². The average molecular weight is 257 g/mol. The predicted molar refractivity (Wildman–Crippen MR) is 50.0 cm³/mol. The predicted octanol–water partition coefficient (Wildman–Crippen LogP) is 1.37. The molecule has 0 aliphatic rings. The number of rotatable bonds is 0. The van der Waals surface area contributed by atoms with Crippen LogP contribution in [-0.2, 0) is 17.0 Å². The molecule has 0 fully saturated rings. The van der Waals surface area contributed by atoms with E-state index in [0.29, 0.717) is 0 Å². The molecule has 0 amide bonds. The van der Waals surface area contributed by atoms with E-state index in [1.54, 1.807) is 20.8 Å². The van der Waals surface area contributed by atoms with E-state index in [4.69, 9.17) is 33.9 Å². The van der Waals surface area contributed by atoms with Crippen LogP contribution in [0.15, 0.2) is 0 Å². The first kappa shape index (κ1) is 23.2. The molecular formula is C6H18Cl2O3Ti. The van der Waals surface area contributed by atoms with Crippen molar-refractivity contribution in [2.24, 2.45) is 0 Å². The molecule has 0 unspecified atom stereocenters. The van der Waals surface area contributed by atoms with E-state index in [0.717, 1.165) is 0 Å². The maximum atomic E-state index is 7.57. The van der Waals surface area contributed by atoms with Crippen LogP contribution in [0.2, 0.25) is 0 Å². The van der Waals surface area contributed by atoms with Gasteiger partial charge >= 0.3 is 35.6 Å². The summed E-state index contributed by atoms with van der Waals surface area (Å²) in [5.41, 5.74) is 0. The second-order valence-corrected chi connectivity index (χ2v) is 3.60. The molecule has 0 bridgehead atoms. The first-order valence-corrected chi connectivity index (χ1v) is 7.75. The molecule has 0 atom stereocenters. The summed E-state index contributed by atoms with van der Waals surface area (Å²) in [6.07, 6.45) is 0. The molecule has 0 aliphatic heterocycles. The van der Waals surface area contributed by atoms with Gasteiger partial charge < -0.3 is 15.3 Å². The van der Waals surface area contributed by atoms with E-state index in [1.807, 2.05) is 0 Å². The third-order valence-corrected chi connectivity index (χ3v) is 0. The van der Waals surface area contributed by atoms with Gasteiger partial charge in [-0.3, -0.25) is 0 Å². The number of halogens is 2. The second kappa shape index (κ2) is 56.8. The van der Waals surface area contributed by atoms with Crippen LogP contribution in [0.1, 0.15) is 20.8 Å². The van der Waals surface area contributed by atoms with Crippen molar-refractivity contribution >= 4 is 18.6 Å². The van der Waals surface area contributed by atoms with Crippen LogP contribution < -0.4 is 0 Å². The second-order valence-electron chi connectivity index (χ2n) is 1.02. The minimum absolute atomic E-state index is 0.250. The van der Waals surface area contributed by atoms with Crippen LogP contribution in [0.4, 0.5) is 0 Å². The van der Waals surface area contributed by atoms with Crippen molar-refractivity contribution in [1.82, 2.24) is 0 Å². The summed E-state index contributed by atoms with van der Waals surface area (Å²) in [4.78, 5) is 0. The van der Waals surface area contributed by atoms with Crippen molar-refractivity contribution in [2.45, 2.75) is 20.8 Å². The zero-order valence-electron chi connectivity index (χ0n) is 7.72. The fraction of sp³-hybridized carbons (Fsp3) is 1.00. The van der Waals surface area contributed by atoms with Crippen molar-refractivity contribution in [3.05, 3.63) is 0 Å². The molecule has 0 heterocycles. The van der Waals surface area contributed by atoms with Crippen LogP contribution in [-0.4, -0.2) is 35.1 Å². The Kier molecular flexibility index (Phi) is 110. The topological polar surface area (TPSA) is 60.7 Å². The number of aliphatic hydroxyl groups excluding tert-OH is 3. The Morgan fingerprint density at radius 1 is 0.833 bits per heavy atom. The van der Waals surface area contributed by atoms with Gasteiger partial charge in [0.05, 0.1) is 0 Å². The Hall–Kier alpha value is 1.17. The summed E-state index contributed by atoms with van der Waals surface area (Å²) >= 11 is -0.556. The summed E-state index contributed by atoms with van der Waals surface area (Å²) < 4.78 is 0. The SMILES string of the molecule is CCO.CCO.CCO.[Cl][Ti][Cl]. The molecule has 12 heavy (non-hydrogen) atoms. The molecule has 78 valence electrons. The summed E-state index contributed by atoms with van der Waals surface area (Å²) in [6.45, 7) is 5.79. The molecule has 0 aromatic heterocycles. The van der Waals surface area contributed by atoms with E-state index in [1.165, 1.54) is 0 Å². The van der Waals surface area contributed by atoms with Gasteiger partial charge in [0.25, 0.3) is 0 Å². The molecule has 0 aromatic rings. The van der Waals surface area contributed by atoms with Gasteiger partial charge in [-0.1, -0.05) is 0 Å². The summed E-state index contributed by atoms with van der Waals surface area (Å²) in [5, 5.41) is 22.7. The molecule has 0 radical (unpaired) electrons. The maximum absolute atomic E-state index is 7.57. The van der Waals surface area contributed by atoms with Gasteiger partial charge in [-0.25, -0.2) is 0 Å². The summed E-state index contributed by atoms with van der Waals surface area (Å²) in [5.74, 6) is 0. The van der Waals surface area contributed by atoms with Gasteiger partial charge in [-0.2, -0.15) is 0 Å². The Bertz CT molecular complexity index is 28.8. The van der Waals surface area contributed by atoms with Crippen LogP contribution >= 0.6 is 18.6 Å². The van der Waals surface area contributed by atoms with Crippen LogP contribution in [0.25, 0.3) is 0 Å². The molecule has 3 nitrogen and oxygen atoms in total. The molecule has 0 aromatic carbocycles. The van der Waals surface area contributed by atoms with E-state index >= 15 is 0 Å². The Morgan fingerprint density at radius 2 is 0.833 bits per heavy atom. The Balaban J connectivity index is -0.0000000356. The quantitative estimate of drug-likeness (QED) is 0.574. The number of hydrogen-bond donors (Lipinski definition) is 3. The fourth-order valence-electron chi connectivity index (χ4n) is 0. The zero-order chi connectivity index (χ0) is 10.8. The van der Waals surface area contributed by atoms with E-state index in [2.05, 4.69) is 0 Å².